The predicted molar refractivity (Wildman–Crippen MR) is 122 cm³/mol. The Bertz CT molecular complexity index is 1190. The molecule has 1 unspecified atom stereocenters. The molecule has 3 aliphatic rings. The molecule has 2 aliphatic heterocycles. The Balaban J connectivity index is 1.43. The van der Waals surface area contributed by atoms with Crippen LogP contribution >= 0.6 is 11.6 Å². The first-order valence-corrected chi connectivity index (χ1v) is 11.4. The third kappa shape index (κ3) is 3.52. The molecule has 7 nitrogen and oxygen atoms in total. The van der Waals surface area contributed by atoms with Crippen LogP contribution in [-0.2, 0) is 16.5 Å². The summed E-state index contributed by atoms with van der Waals surface area (Å²) in [6, 6.07) is 3.84. The number of aromatic nitrogens is 2. The lowest BCUT2D eigenvalue weighted by atomic mass is 9.60. The van der Waals surface area contributed by atoms with Gasteiger partial charge in [0.15, 0.2) is 0 Å². The first-order chi connectivity index (χ1) is 15.1. The van der Waals surface area contributed by atoms with Crippen LogP contribution in [0.2, 0.25) is 5.02 Å². The predicted octanol–water partition coefficient (Wildman–Crippen LogP) is 3.88. The Hall–Kier alpha value is -2.38. The Kier molecular flexibility index (Phi) is 4.91. The zero-order valence-electron chi connectivity index (χ0n) is 18.9. The van der Waals surface area contributed by atoms with Crippen LogP contribution in [0.4, 0.5) is 4.79 Å². The summed E-state index contributed by atoms with van der Waals surface area (Å²) in [4.78, 5) is 26.8. The lowest BCUT2D eigenvalue weighted by molar-refractivity contribution is -0.0475. The van der Waals surface area contributed by atoms with Gasteiger partial charge >= 0.3 is 6.09 Å². The fraction of sp³-hybridized carbons (Fsp3) is 0.542. The number of halogens is 1. The van der Waals surface area contributed by atoms with Crippen LogP contribution < -0.4 is 5.56 Å². The SMILES string of the molecule is Cn1ncc2c(C(C3=CC4(C3)CN(C(=O)OC(C)(C)C)C4)C3COC3)ccc(Cl)c2c1=O. The first kappa shape index (κ1) is 21.5. The molecule has 0 bridgehead atoms. The van der Waals surface area contributed by atoms with Crippen LogP contribution in [0.1, 0.15) is 38.7 Å². The number of carbonyl (C=O) groups excluding carboxylic acids is 1. The molecule has 1 aliphatic carbocycles. The van der Waals surface area contributed by atoms with Crippen molar-refractivity contribution in [2.45, 2.75) is 38.7 Å². The Morgan fingerprint density at radius 3 is 2.59 bits per heavy atom. The second-order valence-corrected chi connectivity index (χ2v) is 10.8. The minimum atomic E-state index is -0.490. The summed E-state index contributed by atoms with van der Waals surface area (Å²) in [6.07, 6.45) is 4.74. The Morgan fingerprint density at radius 2 is 2.00 bits per heavy atom. The number of ether oxygens (including phenoxy) is 2. The van der Waals surface area contributed by atoms with Crippen molar-refractivity contribution in [3.8, 4) is 0 Å². The van der Waals surface area contributed by atoms with Gasteiger partial charge in [-0.3, -0.25) is 4.79 Å². The number of hydrogen-bond donors (Lipinski definition) is 0. The highest BCUT2D eigenvalue weighted by molar-refractivity contribution is 6.35. The number of hydrogen-bond acceptors (Lipinski definition) is 5. The van der Waals surface area contributed by atoms with Crippen LogP contribution in [0.15, 0.2) is 34.8 Å². The standard InChI is InChI=1S/C24H28ClN3O4/c1-23(2,3)32-22(30)28-12-24(13-28)7-14(8-24)19(15-10-31-11-15)16-5-6-18(25)20-17(16)9-26-27(4)21(20)29/h5-7,9,15,19H,8,10-13H2,1-4H3. The average Bonchev–Trinajstić information content (AvgIpc) is 2.58. The molecule has 8 heteroatoms. The number of nitrogens with zero attached hydrogens (tertiary/aromatic N) is 3. The van der Waals surface area contributed by atoms with Gasteiger partial charge in [0.25, 0.3) is 5.56 Å². The fourth-order valence-electron chi connectivity index (χ4n) is 5.14. The number of aryl methyl sites for hydroxylation is 1. The second kappa shape index (κ2) is 7.32. The number of amides is 1. The van der Waals surface area contributed by atoms with Gasteiger partial charge in [-0.15, -0.1) is 0 Å². The first-order valence-electron chi connectivity index (χ1n) is 11.0. The molecular formula is C24H28ClN3O4. The number of rotatable bonds is 3. The highest BCUT2D eigenvalue weighted by Crippen LogP contribution is 2.54. The monoisotopic (exact) mass is 457 g/mol. The minimum Gasteiger partial charge on any atom is -0.444 e. The van der Waals surface area contributed by atoms with Crippen molar-refractivity contribution in [1.29, 1.82) is 0 Å². The van der Waals surface area contributed by atoms with Crippen LogP contribution in [0, 0.1) is 11.3 Å². The summed E-state index contributed by atoms with van der Waals surface area (Å²) in [6.45, 7) is 8.40. The molecule has 1 amide bonds. The van der Waals surface area contributed by atoms with Crippen molar-refractivity contribution in [2.75, 3.05) is 26.3 Å². The summed E-state index contributed by atoms with van der Waals surface area (Å²) in [5.41, 5.74) is 1.77. The lowest BCUT2D eigenvalue weighted by Crippen LogP contribution is -2.61. The highest BCUT2D eigenvalue weighted by Gasteiger charge is 2.52. The molecule has 1 aromatic heterocycles. The van der Waals surface area contributed by atoms with Gasteiger partial charge < -0.3 is 14.4 Å². The Morgan fingerprint density at radius 1 is 1.31 bits per heavy atom. The summed E-state index contributed by atoms with van der Waals surface area (Å²) in [5, 5.41) is 6.02. The largest absolute Gasteiger partial charge is 0.444 e. The van der Waals surface area contributed by atoms with Gasteiger partial charge in [-0.05, 0) is 38.8 Å². The van der Waals surface area contributed by atoms with E-state index in [0.717, 1.165) is 17.4 Å². The van der Waals surface area contributed by atoms with Gasteiger partial charge in [-0.2, -0.15) is 5.10 Å². The molecule has 2 saturated heterocycles. The summed E-state index contributed by atoms with van der Waals surface area (Å²) in [5.74, 6) is 0.507. The molecule has 5 rings (SSSR count). The third-order valence-electron chi connectivity index (χ3n) is 6.68. The van der Waals surface area contributed by atoms with E-state index in [1.54, 1.807) is 18.1 Å². The van der Waals surface area contributed by atoms with E-state index in [1.165, 1.54) is 10.3 Å². The van der Waals surface area contributed by atoms with Crippen molar-refractivity contribution >= 4 is 28.5 Å². The van der Waals surface area contributed by atoms with Crippen molar-refractivity contribution in [1.82, 2.24) is 14.7 Å². The number of carbonyl (C=O) groups is 1. The smallest absolute Gasteiger partial charge is 0.410 e. The number of likely N-dealkylation sites (tertiary alicyclic amines) is 1. The molecule has 1 spiro atoms. The topological polar surface area (TPSA) is 73.7 Å². The molecule has 0 saturated carbocycles. The zero-order valence-corrected chi connectivity index (χ0v) is 19.6. The highest BCUT2D eigenvalue weighted by atomic mass is 35.5. The van der Waals surface area contributed by atoms with Gasteiger partial charge in [0.05, 0.1) is 29.8 Å². The van der Waals surface area contributed by atoms with Gasteiger partial charge in [0, 0.05) is 42.8 Å². The summed E-state index contributed by atoms with van der Waals surface area (Å²) < 4.78 is 12.3. The van der Waals surface area contributed by atoms with Crippen molar-refractivity contribution in [3.05, 3.63) is 50.9 Å². The summed E-state index contributed by atoms with van der Waals surface area (Å²) in [7, 11) is 1.63. The molecule has 2 fully saturated rings. The van der Waals surface area contributed by atoms with Crippen LogP contribution in [0.3, 0.4) is 0 Å². The number of allylic oxidation sites excluding steroid dienone is 1. The second-order valence-electron chi connectivity index (χ2n) is 10.4. The molecule has 3 heterocycles. The molecule has 2 aromatic rings. The normalized spacial score (nSPS) is 20.9. The van der Waals surface area contributed by atoms with E-state index in [4.69, 9.17) is 21.1 Å². The third-order valence-corrected chi connectivity index (χ3v) is 6.99. The van der Waals surface area contributed by atoms with E-state index in [1.807, 2.05) is 32.9 Å². The maximum atomic E-state index is 12.7. The van der Waals surface area contributed by atoms with E-state index < -0.39 is 5.60 Å². The lowest BCUT2D eigenvalue weighted by Gasteiger charge is -2.55. The summed E-state index contributed by atoms with van der Waals surface area (Å²) >= 11 is 6.40. The Labute approximate surface area is 191 Å². The molecule has 1 atom stereocenters. The number of fused-ring (bicyclic) bond motifs is 1. The average molecular weight is 458 g/mol. The van der Waals surface area contributed by atoms with Crippen LogP contribution in [0.5, 0.6) is 0 Å². The van der Waals surface area contributed by atoms with Crippen molar-refractivity contribution in [3.63, 3.8) is 0 Å². The molecule has 170 valence electrons. The van der Waals surface area contributed by atoms with Gasteiger partial charge in [-0.1, -0.05) is 29.3 Å². The molecule has 32 heavy (non-hydrogen) atoms. The minimum absolute atomic E-state index is 0.0334. The van der Waals surface area contributed by atoms with Crippen LogP contribution in [0.25, 0.3) is 10.8 Å². The quantitative estimate of drug-likeness (QED) is 0.654. The van der Waals surface area contributed by atoms with Crippen molar-refractivity contribution in [2.24, 2.45) is 18.4 Å². The van der Waals surface area contributed by atoms with E-state index in [2.05, 4.69) is 11.2 Å². The van der Waals surface area contributed by atoms with Gasteiger partial charge in [-0.25, -0.2) is 9.48 Å². The van der Waals surface area contributed by atoms with E-state index in [9.17, 15) is 9.59 Å². The number of benzene rings is 1. The molecular weight excluding hydrogens is 430 g/mol. The van der Waals surface area contributed by atoms with E-state index in [-0.39, 0.29) is 23.0 Å². The van der Waals surface area contributed by atoms with E-state index >= 15 is 0 Å². The fourth-order valence-corrected chi connectivity index (χ4v) is 5.39. The van der Waals surface area contributed by atoms with Gasteiger partial charge in [0.1, 0.15) is 5.60 Å². The van der Waals surface area contributed by atoms with Crippen molar-refractivity contribution < 1.29 is 14.3 Å². The van der Waals surface area contributed by atoms with Crippen LogP contribution in [-0.4, -0.2) is 52.7 Å². The maximum Gasteiger partial charge on any atom is 0.410 e. The van der Waals surface area contributed by atoms with Gasteiger partial charge in [0.2, 0.25) is 0 Å². The van der Waals surface area contributed by atoms with E-state index in [0.29, 0.717) is 42.6 Å². The molecule has 0 radical (unpaired) electrons. The maximum absolute atomic E-state index is 12.7. The zero-order chi connectivity index (χ0) is 22.8. The molecule has 1 aromatic carbocycles. The molecule has 0 N–H and O–H groups in total.